The van der Waals surface area contributed by atoms with Gasteiger partial charge in [-0.15, -0.1) is 0 Å². The summed E-state index contributed by atoms with van der Waals surface area (Å²) in [5.74, 6) is -3.85. The van der Waals surface area contributed by atoms with Gasteiger partial charge in [-0.1, -0.05) is 13.0 Å². The summed E-state index contributed by atoms with van der Waals surface area (Å²) in [4.78, 5) is 22.6. The minimum Gasteiger partial charge on any atom is -0.481 e. The van der Waals surface area contributed by atoms with Crippen molar-refractivity contribution in [1.82, 2.24) is 19.6 Å². The molecule has 3 aromatic rings. The summed E-state index contributed by atoms with van der Waals surface area (Å²) in [7, 11) is -0.855. The van der Waals surface area contributed by atoms with E-state index in [1.54, 1.807) is 62.4 Å². The highest BCUT2D eigenvalue weighted by Gasteiger charge is 2.37. The lowest BCUT2D eigenvalue weighted by molar-refractivity contribution is 0.0974. The molecule has 2 aromatic heterocycles. The highest BCUT2D eigenvalue weighted by Crippen LogP contribution is 2.30. The third-order valence-electron chi connectivity index (χ3n) is 5.53. The first-order valence-corrected chi connectivity index (χ1v) is 13.2. The van der Waals surface area contributed by atoms with Crippen LogP contribution in [-0.4, -0.2) is 54.6 Å². The maximum absolute atomic E-state index is 14.9. The van der Waals surface area contributed by atoms with E-state index in [9.17, 15) is 22.0 Å². The number of carbonyl (C=O) groups is 1. The number of carbonyl (C=O) groups excluding carboxylic acids is 1. The van der Waals surface area contributed by atoms with Gasteiger partial charge in [0, 0.05) is 18.8 Å². The van der Waals surface area contributed by atoms with Gasteiger partial charge in [-0.25, -0.2) is 22.5 Å². The number of amides is 1. The molecule has 0 aliphatic rings. The Bertz CT molecular complexity index is 1370. The van der Waals surface area contributed by atoms with Gasteiger partial charge in [0.15, 0.2) is 11.6 Å². The van der Waals surface area contributed by atoms with Crippen molar-refractivity contribution < 1.29 is 31.5 Å². The molecule has 1 amide bonds. The summed E-state index contributed by atoms with van der Waals surface area (Å²) >= 11 is 0. The molecule has 204 valence electrons. The first-order chi connectivity index (χ1) is 17.8. The van der Waals surface area contributed by atoms with Crippen molar-refractivity contribution in [3.8, 4) is 17.4 Å². The van der Waals surface area contributed by atoms with Crippen LogP contribution in [0.3, 0.4) is 0 Å². The van der Waals surface area contributed by atoms with Crippen LogP contribution in [0.5, 0.6) is 17.4 Å². The van der Waals surface area contributed by atoms with Crippen molar-refractivity contribution in [2.45, 2.75) is 38.0 Å². The molecule has 0 spiro atoms. The SMILES string of the molecule is CCC(Oc1ccc(C(=O)NS(=O)(=O)C(C)(C)CN(C)C)c(F)c1F)c1ccc(Oc2ccccn2)cn1. The fourth-order valence-electron chi connectivity index (χ4n) is 3.64. The molecule has 38 heavy (non-hydrogen) atoms. The first kappa shape index (κ1) is 28.9. The third kappa shape index (κ3) is 6.81. The van der Waals surface area contributed by atoms with Gasteiger partial charge in [-0.3, -0.25) is 9.78 Å². The number of aromatic nitrogens is 2. The first-order valence-electron chi connectivity index (χ1n) is 11.8. The molecule has 9 nitrogen and oxygen atoms in total. The number of nitrogens with one attached hydrogen (secondary N) is 1. The monoisotopic (exact) mass is 548 g/mol. The van der Waals surface area contributed by atoms with Crippen molar-refractivity contribution in [3.63, 3.8) is 0 Å². The average molecular weight is 549 g/mol. The zero-order valence-electron chi connectivity index (χ0n) is 21.7. The molecule has 12 heteroatoms. The van der Waals surface area contributed by atoms with Crippen molar-refractivity contribution >= 4 is 15.9 Å². The number of pyridine rings is 2. The molecule has 0 saturated carbocycles. The van der Waals surface area contributed by atoms with Crippen molar-refractivity contribution in [2.75, 3.05) is 20.6 Å². The number of rotatable bonds is 11. The number of benzene rings is 1. The zero-order chi connectivity index (χ0) is 28.1. The van der Waals surface area contributed by atoms with Crippen molar-refractivity contribution in [2.24, 2.45) is 0 Å². The lowest BCUT2D eigenvalue weighted by atomic mass is 10.1. The molecule has 0 aliphatic heterocycles. The lowest BCUT2D eigenvalue weighted by Crippen LogP contribution is -2.49. The van der Waals surface area contributed by atoms with Gasteiger partial charge in [0.05, 0.1) is 22.2 Å². The second-order valence-corrected chi connectivity index (χ2v) is 11.7. The van der Waals surface area contributed by atoms with Crippen LogP contribution in [-0.2, 0) is 10.0 Å². The van der Waals surface area contributed by atoms with E-state index < -0.39 is 49.7 Å². The highest BCUT2D eigenvalue weighted by atomic mass is 32.2. The van der Waals surface area contributed by atoms with E-state index in [2.05, 4.69) is 9.97 Å². The maximum Gasteiger partial charge on any atom is 0.267 e. The number of nitrogens with zero attached hydrogens (tertiary/aromatic N) is 3. The second-order valence-electron chi connectivity index (χ2n) is 9.37. The van der Waals surface area contributed by atoms with Gasteiger partial charge in [0.1, 0.15) is 11.9 Å². The van der Waals surface area contributed by atoms with Gasteiger partial charge in [-0.2, -0.15) is 4.39 Å². The molecule has 1 atom stereocenters. The Kier molecular flexibility index (Phi) is 9.00. The van der Waals surface area contributed by atoms with E-state index in [1.807, 2.05) is 4.72 Å². The molecule has 0 saturated heterocycles. The summed E-state index contributed by atoms with van der Waals surface area (Å²) in [5.41, 5.74) is -0.321. The fraction of sp³-hybridized carbons (Fsp3) is 0.346. The fourth-order valence-corrected chi connectivity index (χ4v) is 4.70. The van der Waals surface area contributed by atoms with Crippen LogP contribution in [0, 0.1) is 11.6 Å². The van der Waals surface area contributed by atoms with Crippen LogP contribution in [0.15, 0.2) is 54.9 Å². The molecule has 2 heterocycles. The van der Waals surface area contributed by atoms with E-state index in [0.29, 0.717) is 23.7 Å². The van der Waals surface area contributed by atoms with Gasteiger partial charge in [-0.05, 0) is 64.7 Å². The molecule has 3 rings (SSSR count). The van der Waals surface area contributed by atoms with Gasteiger partial charge in [0.25, 0.3) is 5.91 Å². The Morgan fingerprint density at radius 2 is 1.82 bits per heavy atom. The van der Waals surface area contributed by atoms with Crippen LogP contribution in [0.2, 0.25) is 0 Å². The van der Waals surface area contributed by atoms with E-state index in [0.717, 1.165) is 12.1 Å². The maximum atomic E-state index is 14.9. The largest absolute Gasteiger partial charge is 0.481 e. The Morgan fingerprint density at radius 1 is 1.08 bits per heavy atom. The smallest absolute Gasteiger partial charge is 0.267 e. The molecule has 0 bridgehead atoms. The Morgan fingerprint density at radius 3 is 2.39 bits per heavy atom. The summed E-state index contributed by atoms with van der Waals surface area (Å²) in [6, 6.07) is 10.5. The minimum absolute atomic E-state index is 0.0991. The van der Waals surface area contributed by atoms with Crippen LogP contribution in [0.1, 0.15) is 49.3 Å². The standard InChI is InChI=1S/C26H30F2N4O5S/c1-6-20(19-12-10-17(15-30-19)36-22-9-7-8-14-29-22)37-21-13-11-18(23(27)24(21)28)25(33)31-38(34,35)26(2,3)16-32(4)5/h7-15,20H,6,16H2,1-5H3,(H,31,33). The summed E-state index contributed by atoms with van der Waals surface area (Å²) in [6.45, 7) is 4.72. The topological polar surface area (TPSA) is 111 Å². The molecule has 1 N–H and O–H groups in total. The van der Waals surface area contributed by atoms with E-state index >= 15 is 0 Å². The molecular weight excluding hydrogens is 518 g/mol. The normalized spacial score (nSPS) is 12.7. The predicted octanol–water partition coefficient (Wildman–Crippen LogP) is 4.48. The van der Waals surface area contributed by atoms with E-state index in [1.165, 1.54) is 20.0 Å². The molecule has 1 aromatic carbocycles. The van der Waals surface area contributed by atoms with Crippen molar-refractivity contribution in [1.29, 1.82) is 0 Å². The number of hydrogen-bond donors (Lipinski definition) is 1. The highest BCUT2D eigenvalue weighted by molar-refractivity contribution is 7.91. The zero-order valence-corrected chi connectivity index (χ0v) is 22.6. The van der Waals surface area contributed by atoms with Gasteiger partial charge < -0.3 is 14.4 Å². The molecular formula is C26H30F2N4O5S. The molecule has 0 radical (unpaired) electrons. The Hall–Kier alpha value is -3.64. The van der Waals surface area contributed by atoms with E-state index in [4.69, 9.17) is 9.47 Å². The third-order valence-corrected chi connectivity index (χ3v) is 7.57. The lowest BCUT2D eigenvalue weighted by Gasteiger charge is -2.28. The number of sulfonamides is 1. The van der Waals surface area contributed by atoms with E-state index in [-0.39, 0.29) is 6.54 Å². The molecule has 0 fully saturated rings. The van der Waals surface area contributed by atoms with Crippen molar-refractivity contribution in [3.05, 3.63) is 77.8 Å². The van der Waals surface area contributed by atoms with Crippen LogP contribution in [0.4, 0.5) is 8.78 Å². The summed E-state index contributed by atoms with van der Waals surface area (Å²) < 4.78 is 66.9. The quantitative estimate of drug-likeness (QED) is 0.374. The molecule has 0 aliphatic carbocycles. The van der Waals surface area contributed by atoms with Crippen LogP contribution < -0.4 is 14.2 Å². The van der Waals surface area contributed by atoms with Crippen LogP contribution >= 0.6 is 0 Å². The second kappa shape index (κ2) is 11.8. The van der Waals surface area contributed by atoms with Gasteiger partial charge >= 0.3 is 0 Å². The number of hydrogen-bond acceptors (Lipinski definition) is 8. The summed E-state index contributed by atoms with van der Waals surface area (Å²) in [6.07, 6.45) is 2.68. The average Bonchev–Trinajstić information content (AvgIpc) is 2.85. The Labute approximate surface area is 220 Å². The van der Waals surface area contributed by atoms with Crippen LogP contribution in [0.25, 0.3) is 0 Å². The Balaban J connectivity index is 1.75. The van der Waals surface area contributed by atoms with Gasteiger partial charge in [0.2, 0.25) is 21.7 Å². The minimum atomic E-state index is -4.21. The number of halogens is 2. The predicted molar refractivity (Wildman–Crippen MR) is 138 cm³/mol. The number of ether oxygens (including phenoxy) is 2. The molecule has 1 unspecified atom stereocenters. The summed E-state index contributed by atoms with van der Waals surface area (Å²) in [5, 5.41) is 0.